The summed E-state index contributed by atoms with van der Waals surface area (Å²) in [5, 5.41) is 3.24. The van der Waals surface area contributed by atoms with E-state index in [-0.39, 0.29) is 12.5 Å². The van der Waals surface area contributed by atoms with Crippen LogP contribution in [0.4, 0.5) is 11.4 Å². The fourth-order valence-corrected chi connectivity index (χ4v) is 1.59. The predicted octanol–water partition coefficient (Wildman–Crippen LogP) is 2.16. The van der Waals surface area contributed by atoms with Crippen molar-refractivity contribution in [2.24, 2.45) is 0 Å². The van der Waals surface area contributed by atoms with Gasteiger partial charge in [-0.3, -0.25) is 4.79 Å². The van der Waals surface area contributed by atoms with Crippen LogP contribution >= 0.6 is 23.2 Å². The van der Waals surface area contributed by atoms with Gasteiger partial charge >= 0.3 is 0 Å². The first-order valence-corrected chi connectivity index (χ1v) is 4.83. The van der Waals surface area contributed by atoms with Crippen LogP contribution in [-0.4, -0.2) is 19.6 Å². The van der Waals surface area contributed by atoms with Crippen molar-refractivity contribution in [1.29, 1.82) is 0 Å². The van der Waals surface area contributed by atoms with Crippen molar-refractivity contribution in [2.75, 3.05) is 24.8 Å². The average Bonchev–Trinajstić information content (AvgIpc) is 2.11. The highest BCUT2D eigenvalue weighted by Crippen LogP contribution is 2.31. The topological polar surface area (TPSA) is 64.3 Å². The first-order chi connectivity index (χ1) is 7.04. The molecule has 1 amide bonds. The number of carbonyl (C=O) groups excluding carboxylic acids is 1. The van der Waals surface area contributed by atoms with Crippen LogP contribution in [0.25, 0.3) is 0 Å². The Bertz CT molecular complexity index is 359. The van der Waals surface area contributed by atoms with E-state index in [4.69, 9.17) is 28.9 Å². The van der Waals surface area contributed by atoms with E-state index >= 15 is 0 Å². The molecule has 1 rings (SSSR count). The number of rotatable bonds is 3. The molecule has 0 aliphatic carbocycles. The predicted molar refractivity (Wildman–Crippen MR) is 61.4 cm³/mol. The average molecular weight is 249 g/mol. The Kier molecular flexibility index (Phi) is 4.20. The number of ether oxygens (including phenoxy) is 1. The van der Waals surface area contributed by atoms with Crippen LogP contribution in [0, 0.1) is 0 Å². The molecule has 0 fully saturated rings. The molecule has 1 aromatic rings. The van der Waals surface area contributed by atoms with E-state index in [1.54, 1.807) is 0 Å². The zero-order chi connectivity index (χ0) is 11.4. The summed E-state index contributed by atoms with van der Waals surface area (Å²) >= 11 is 11.6. The molecule has 4 nitrogen and oxygen atoms in total. The molecular weight excluding hydrogens is 239 g/mol. The van der Waals surface area contributed by atoms with E-state index in [9.17, 15) is 4.79 Å². The highest BCUT2D eigenvalue weighted by molar-refractivity contribution is 6.37. The molecule has 1 aromatic carbocycles. The summed E-state index contributed by atoms with van der Waals surface area (Å²) in [7, 11) is 1.42. The standard InChI is InChI=1S/C9H10Cl2N2O2/c1-15-4-8(14)13-9-6(11)2-5(10)3-7(9)12/h2-3H,4,12H2,1H3,(H,13,14). The van der Waals surface area contributed by atoms with Gasteiger partial charge in [-0.15, -0.1) is 0 Å². The second-order valence-electron chi connectivity index (χ2n) is 2.83. The van der Waals surface area contributed by atoms with Gasteiger partial charge in [0.05, 0.1) is 16.4 Å². The SMILES string of the molecule is COCC(=O)Nc1c(N)cc(Cl)cc1Cl. The molecule has 0 saturated carbocycles. The number of nitrogens with one attached hydrogen (secondary N) is 1. The maximum absolute atomic E-state index is 11.2. The third-order valence-corrected chi connectivity index (χ3v) is 2.14. The van der Waals surface area contributed by atoms with Crippen molar-refractivity contribution >= 4 is 40.5 Å². The quantitative estimate of drug-likeness (QED) is 0.807. The molecule has 0 aromatic heterocycles. The Labute approximate surface area is 97.3 Å². The molecule has 3 N–H and O–H groups in total. The van der Waals surface area contributed by atoms with Gasteiger partial charge in [-0.1, -0.05) is 23.2 Å². The van der Waals surface area contributed by atoms with E-state index in [0.29, 0.717) is 21.4 Å². The zero-order valence-corrected chi connectivity index (χ0v) is 9.52. The largest absolute Gasteiger partial charge is 0.397 e. The Morgan fingerprint density at radius 3 is 2.73 bits per heavy atom. The summed E-state index contributed by atoms with van der Waals surface area (Å²) in [6, 6.07) is 3.01. The Morgan fingerprint density at radius 2 is 2.20 bits per heavy atom. The summed E-state index contributed by atoms with van der Waals surface area (Å²) in [5.74, 6) is -0.326. The summed E-state index contributed by atoms with van der Waals surface area (Å²) in [5.41, 5.74) is 6.31. The van der Waals surface area contributed by atoms with Crippen molar-refractivity contribution in [3.8, 4) is 0 Å². The minimum absolute atomic E-state index is 0.0571. The van der Waals surface area contributed by atoms with E-state index in [1.807, 2.05) is 0 Å². The second-order valence-corrected chi connectivity index (χ2v) is 3.68. The van der Waals surface area contributed by atoms with Crippen LogP contribution in [0.1, 0.15) is 0 Å². The van der Waals surface area contributed by atoms with Gasteiger partial charge in [0.1, 0.15) is 6.61 Å². The molecule has 82 valence electrons. The fraction of sp³-hybridized carbons (Fsp3) is 0.222. The molecule has 0 aliphatic heterocycles. The number of nitrogen functional groups attached to an aromatic ring is 1. The van der Waals surface area contributed by atoms with E-state index in [2.05, 4.69) is 10.1 Å². The molecule has 0 radical (unpaired) electrons. The Morgan fingerprint density at radius 1 is 1.53 bits per heavy atom. The molecule has 0 spiro atoms. The van der Waals surface area contributed by atoms with Crippen LogP contribution in [0.2, 0.25) is 10.0 Å². The van der Waals surface area contributed by atoms with Crippen molar-refractivity contribution < 1.29 is 9.53 Å². The molecule has 0 saturated heterocycles. The molecule has 6 heteroatoms. The van der Waals surface area contributed by atoms with E-state index in [1.165, 1.54) is 19.2 Å². The monoisotopic (exact) mass is 248 g/mol. The van der Waals surface area contributed by atoms with Crippen molar-refractivity contribution in [3.63, 3.8) is 0 Å². The lowest BCUT2D eigenvalue weighted by atomic mass is 10.2. The number of anilines is 2. The number of methoxy groups -OCH3 is 1. The van der Waals surface area contributed by atoms with Crippen molar-refractivity contribution in [2.45, 2.75) is 0 Å². The van der Waals surface area contributed by atoms with E-state index in [0.717, 1.165) is 0 Å². The molecule has 15 heavy (non-hydrogen) atoms. The van der Waals surface area contributed by atoms with Gasteiger partial charge in [-0.2, -0.15) is 0 Å². The zero-order valence-electron chi connectivity index (χ0n) is 8.01. The molecule has 0 heterocycles. The van der Waals surface area contributed by atoms with Crippen LogP contribution in [-0.2, 0) is 9.53 Å². The highest BCUT2D eigenvalue weighted by atomic mass is 35.5. The minimum Gasteiger partial charge on any atom is -0.397 e. The molecular formula is C9H10Cl2N2O2. The summed E-state index contributed by atoms with van der Waals surface area (Å²) < 4.78 is 4.66. The fourth-order valence-electron chi connectivity index (χ4n) is 1.03. The van der Waals surface area contributed by atoms with Gasteiger partial charge in [-0.05, 0) is 12.1 Å². The first kappa shape index (κ1) is 12.1. The first-order valence-electron chi connectivity index (χ1n) is 4.08. The molecule has 0 atom stereocenters. The van der Waals surface area contributed by atoms with Crippen molar-refractivity contribution in [3.05, 3.63) is 22.2 Å². The normalized spacial score (nSPS) is 10.1. The van der Waals surface area contributed by atoms with Crippen LogP contribution in [0.3, 0.4) is 0 Å². The second kappa shape index (κ2) is 5.21. The maximum Gasteiger partial charge on any atom is 0.250 e. The number of nitrogens with two attached hydrogens (primary N) is 1. The highest BCUT2D eigenvalue weighted by Gasteiger charge is 2.09. The third kappa shape index (κ3) is 3.27. The molecule has 0 aliphatic rings. The molecule has 0 unspecified atom stereocenters. The number of carbonyl (C=O) groups is 1. The Hall–Kier alpha value is -0.970. The van der Waals surface area contributed by atoms with Gasteiger partial charge in [0.25, 0.3) is 0 Å². The lowest BCUT2D eigenvalue weighted by Crippen LogP contribution is -2.18. The molecule has 0 bridgehead atoms. The number of amides is 1. The number of benzene rings is 1. The van der Waals surface area contributed by atoms with Crippen LogP contribution < -0.4 is 11.1 Å². The van der Waals surface area contributed by atoms with Crippen LogP contribution in [0.15, 0.2) is 12.1 Å². The van der Waals surface area contributed by atoms with Gasteiger partial charge < -0.3 is 15.8 Å². The van der Waals surface area contributed by atoms with E-state index < -0.39 is 0 Å². The Balaban J connectivity index is 2.90. The minimum atomic E-state index is -0.326. The van der Waals surface area contributed by atoms with Gasteiger partial charge in [0, 0.05) is 12.1 Å². The van der Waals surface area contributed by atoms with Crippen LogP contribution in [0.5, 0.6) is 0 Å². The summed E-state index contributed by atoms with van der Waals surface area (Å²) in [6.07, 6.45) is 0. The summed E-state index contributed by atoms with van der Waals surface area (Å²) in [6.45, 7) is -0.0571. The smallest absolute Gasteiger partial charge is 0.250 e. The number of hydrogen-bond acceptors (Lipinski definition) is 3. The lowest BCUT2D eigenvalue weighted by molar-refractivity contribution is -0.119. The van der Waals surface area contributed by atoms with Crippen molar-refractivity contribution in [1.82, 2.24) is 0 Å². The summed E-state index contributed by atoms with van der Waals surface area (Å²) in [4.78, 5) is 11.2. The van der Waals surface area contributed by atoms with Gasteiger partial charge in [0.15, 0.2) is 0 Å². The lowest BCUT2D eigenvalue weighted by Gasteiger charge is -2.10. The number of halogens is 2. The third-order valence-electron chi connectivity index (χ3n) is 1.63. The number of hydrogen-bond donors (Lipinski definition) is 2. The van der Waals surface area contributed by atoms with Gasteiger partial charge in [0.2, 0.25) is 5.91 Å². The maximum atomic E-state index is 11.2. The van der Waals surface area contributed by atoms with Gasteiger partial charge in [-0.25, -0.2) is 0 Å².